The molecule has 0 bridgehead atoms. The standard InChI is InChI=1S/C17H27BrO3Si/c1-17(2,3)22(4,5)21-15(12-18)11-16(19)20-13-14-9-7-6-8-10-14/h6-10,15H,11-13H2,1-5H3/t15-/m0/s1. The summed E-state index contributed by atoms with van der Waals surface area (Å²) in [6, 6.07) is 9.71. The Morgan fingerprint density at radius 2 is 1.82 bits per heavy atom. The predicted molar refractivity (Wildman–Crippen MR) is 96.7 cm³/mol. The van der Waals surface area contributed by atoms with Gasteiger partial charge in [-0.3, -0.25) is 4.79 Å². The van der Waals surface area contributed by atoms with E-state index in [0.717, 1.165) is 5.56 Å². The normalized spacial score (nSPS) is 13.7. The quantitative estimate of drug-likeness (QED) is 0.379. The number of benzene rings is 1. The van der Waals surface area contributed by atoms with Gasteiger partial charge in [0.1, 0.15) is 6.61 Å². The van der Waals surface area contributed by atoms with Gasteiger partial charge in [-0.05, 0) is 23.7 Å². The Morgan fingerprint density at radius 1 is 1.23 bits per heavy atom. The van der Waals surface area contributed by atoms with Gasteiger partial charge >= 0.3 is 5.97 Å². The van der Waals surface area contributed by atoms with Crippen molar-refractivity contribution in [3.05, 3.63) is 35.9 Å². The minimum Gasteiger partial charge on any atom is -0.461 e. The Kier molecular flexibility index (Phi) is 7.29. The second-order valence-electron chi connectivity index (χ2n) is 7.00. The van der Waals surface area contributed by atoms with Gasteiger partial charge in [0, 0.05) is 5.33 Å². The van der Waals surface area contributed by atoms with Gasteiger partial charge in [-0.25, -0.2) is 0 Å². The van der Waals surface area contributed by atoms with Crippen molar-refractivity contribution in [3.63, 3.8) is 0 Å². The zero-order valence-corrected chi connectivity index (χ0v) is 16.8. The Bertz CT molecular complexity index is 469. The molecule has 0 N–H and O–H groups in total. The van der Waals surface area contributed by atoms with Crippen molar-refractivity contribution in [1.82, 2.24) is 0 Å². The average Bonchev–Trinajstić information content (AvgIpc) is 2.44. The number of carbonyl (C=O) groups is 1. The number of rotatable bonds is 7. The van der Waals surface area contributed by atoms with Crippen LogP contribution in [0.1, 0.15) is 32.8 Å². The summed E-state index contributed by atoms with van der Waals surface area (Å²) >= 11 is 3.45. The van der Waals surface area contributed by atoms with Crippen LogP contribution in [0.4, 0.5) is 0 Å². The first-order chi connectivity index (χ1) is 10.2. The van der Waals surface area contributed by atoms with Crippen molar-refractivity contribution in [3.8, 4) is 0 Å². The number of halogens is 1. The van der Waals surface area contributed by atoms with Crippen LogP contribution in [0.5, 0.6) is 0 Å². The highest BCUT2D eigenvalue weighted by atomic mass is 79.9. The molecule has 1 aromatic carbocycles. The van der Waals surface area contributed by atoms with Crippen LogP contribution in [0, 0.1) is 0 Å². The molecule has 3 nitrogen and oxygen atoms in total. The van der Waals surface area contributed by atoms with Crippen molar-refractivity contribution < 1.29 is 14.0 Å². The summed E-state index contributed by atoms with van der Waals surface area (Å²) in [5.74, 6) is -0.216. The van der Waals surface area contributed by atoms with E-state index in [1.165, 1.54) is 0 Å². The summed E-state index contributed by atoms with van der Waals surface area (Å²) in [4.78, 5) is 12.0. The summed E-state index contributed by atoms with van der Waals surface area (Å²) < 4.78 is 11.6. The fourth-order valence-electron chi connectivity index (χ4n) is 1.70. The Balaban J connectivity index is 2.50. The molecule has 0 heterocycles. The van der Waals surface area contributed by atoms with Gasteiger partial charge in [-0.1, -0.05) is 67.0 Å². The molecule has 5 heteroatoms. The molecule has 0 aliphatic heterocycles. The van der Waals surface area contributed by atoms with E-state index in [0.29, 0.717) is 11.9 Å². The molecule has 0 aliphatic carbocycles. The minimum atomic E-state index is -1.88. The van der Waals surface area contributed by atoms with Crippen molar-refractivity contribution >= 4 is 30.2 Å². The lowest BCUT2D eigenvalue weighted by molar-refractivity contribution is -0.146. The molecule has 0 saturated carbocycles. The van der Waals surface area contributed by atoms with Crippen molar-refractivity contribution in [2.45, 2.75) is 58.0 Å². The van der Waals surface area contributed by atoms with E-state index in [9.17, 15) is 4.79 Å². The zero-order chi connectivity index (χ0) is 16.8. The Labute approximate surface area is 143 Å². The van der Waals surface area contributed by atoms with Gasteiger partial charge in [0.05, 0.1) is 12.5 Å². The highest BCUT2D eigenvalue weighted by Gasteiger charge is 2.39. The Hall–Kier alpha value is -0.653. The van der Waals surface area contributed by atoms with Gasteiger partial charge < -0.3 is 9.16 Å². The van der Waals surface area contributed by atoms with Crippen LogP contribution in [0.25, 0.3) is 0 Å². The molecule has 0 spiro atoms. The molecule has 0 aromatic heterocycles. The minimum absolute atomic E-state index is 0.126. The fourth-order valence-corrected chi connectivity index (χ4v) is 3.66. The van der Waals surface area contributed by atoms with Crippen LogP contribution in [0.3, 0.4) is 0 Å². The van der Waals surface area contributed by atoms with Gasteiger partial charge in [0.15, 0.2) is 8.32 Å². The molecule has 1 aromatic rings. The van der Waals surface area contributed by atoms with E-state index in [-0.39, 0.29) is 23.5 Å². The first-order valence-corrected chi connectivity index (χ1v) is 11.6. The summed E-state index contributed by atoms with van der Waals surface area (Å²) in [7, 11) is -1.88. The van der Waals surface area contributed by atoms with E-state index in [1.807, 2.05) is 30.3 Å². The van der Waals surface area contributed by atoms with Crippen molar-refractivity contribution in [2.24, 2.45) is 0 Å². The van der Waals surface area contributed by atoms with E-state index in [2.05, 4.69) is 49.8 Å². The number of carbonyl (C=O) groups excluding carboxylic acids is 1. The van der Waals surface area contributed by atoms with E-state index in [1.54, 1.807) is 0 Å². The first kappa shape index (κ1) is 19.4. The fraction of sp³-hybridized carbons (Fsp3) is 0.588. The SMILES string of the molecule is CC(C)(C)[Si](C)(C)O[C@H](CBr)CC(=O)OCc1ccccc1. The molecule has 1 atom stereocenters. The molecule has 0 fully saturated rings. The maximum absolute atomic E-state index is 12.0. The lowest BCUT2D eigenvalue weighted by Gasteiger charge is -2.38. The molecule has 0 radical (unpaired) electrons. The van der Waals surface area contributed by atoms with Crippen LogP contribution in [-0.4, -0.2) is 25.7 Å². The first-order valence-electron chi connectivity index (χ1n) is 7.59. The summed E-state index contributed by atoms with van der Waals surface area (Å²) in [6.45, 7) is 11.3. The molecule has 124 valence electrons. The second kappa shape index (κ2) is 8.27. The van der Waals surface area contributed by atoms with Crippen molar-refractivity contribution in [1.29, 1.82) is 0 Å². The molecule has 0 aliphatic rings. The van der Waals surface area contributed by atoms with Gasteiger partial charge in [0.2, 0.25) is 0 Å². The second-order valence-corrected chi connectivity index (χ2v) is 12.4. The number of hydrogen-bond acceptors (Lipinski definition) is 3. The summed E-state index contributed by atoms with van der Waals surface area (Å²) in [5.41, 5.74) is 0.997. The van der Waals surface area contributed by atoms with Crippen molar-refractivity contribution in [2.75, 3.05) is 5.33 Å². The largest absolute Gasteiger partial charge is 0.461 e. The predicted octanol–water partition coefficient (Wildman–Crippen LogP) is 4.91. The third-order valence-corrected chi connectivity index (χ3v) is 9.33. The molecule has 1 rings (SSSR count). The molecule has 22 heavy (non-hydrogen) atoms. The summed E-state index contributed by atoms with van der Waals surface area (Å²) in [5, 5.41) is 0.765. The monoisotopic (exact) mass is 386 g/mol. The maximum Gasteiger partial charge on any atom is 0.308 e. The number of esters is 1. The van der Waals surface area contributed by atoms with E-state index in [4.69, 9.17) is 9.16 Å². The van der Waals surface area contributed by atoms with Crippen LogP contribution in [-0.2, 0) is 20.6 Å². The highest BCUT2D eigenvalue weighted by Crippen LogP contribution is 2.37. The van der Waals surface area contributed by atoms with Crippen LogP contribution >= 0.6 is 15.9 Å². The van der Waals surface area contributed by atoms with Crippen LogP contribution in [0.2, 0.25) is 18.1 Å². The van der Waals surface area contributed by atoms with E-state index >= 15 is 0 Å². The Morgan fingerprint density at radius 3 is 2.32 bits per heavy atom. The third kappa shape index (κ3) is 6.22. The third-order valence-electron chi connectivity index (χ3n) is 4.08. The molecule has 0 unspecified atom stereocenters. The molecule has 0 saturated heterocycles. The smallest absolute Gasteiger partial charge is 0.308 e. The average molecular weight is 387 g/mol. The van der Waals surface area contributed by atoms with Crippen LogP contribution in [0.15, 0.2) is 30.3 Å². The van der Waals surface area contributed by atoms with Crippen LogP contribution < -0.4 is 0 Å². The van der Waals surface area contributed by atoms with Gasteiger partial charge in [-0.2, -0.15) is 0 Å². The topological polar surface area (TPSA) is 35.5 Å². The lowest BCUT2D eigenvalue weighted by Crippen LogP contribution is -2.45. The molecule has 0 amide bonds. The van der Waals surface area contributed by atoms with E-state index < -0.39 is 8.32 Å². The number of hydrogen-bond donors (Lipinski definition) is 0. The lowest BCUT2D eigenvalue weighted by atomic mass is 10.2. The molecular weight excluding hydrogens is 360 g/mol. The zero-order valence-electron chi connectivity index (χ0n) is 14.2. The summed E-state index contributed by atoms with van der Waals surface area (Å²) in [6.07, 6.45) is 0.147. The van der Waals surface area contributed by atoms with Gasteiger partial charge in [0.25, 0.3) is 0 Å². The highest BCUT2D eigenvalue weighted by molar-refractivity contribution is 9.09. The maximum atomic E-state index is 12.0. The number of ether oxygens (including phenoxy) is 1. The molecular formula is C17H27BrO3Si. The number of alkyl halides is 1. The van der Waals surface area contributed by atoms with Gasteiger partial charge in [-0.15, -0.1) is 0 Å².